The molecule has 1 saturated heterocycles. The Hall–Kier alpha value is -1.29. The van der Waals surface area contributed by atoms with E-state index in [1.54, 1.807) is 6.92 Å². The lowest BCUT2D eigenvalue weighted by Crippen LogP contribution is -2.50. The van der Waals surface area contributed by atoms with Gasteiger partial charge >= 0.3 is 0 Å². The molecule has 3 nitrogen and oxygen atoms in total. The van der Waals surface area contributed by atoms with Gasteiger partial charge < -0.3 is 9.64 Å². The van der Waals surface area contributed by atoms with Gasteiger partial charge in [0.15, 0.2) is 0 Å². The Bertz CT molecular complexity index is 486. The highest BCUT2D eigenvalue weighted by atomic mass is 16.5. The molecule has 1 aromatic rings. The van der Waals surface area contributed by atoms with E-state index in [2.05, 4.69) is 40.8 Å². The van der Waals surface area contributed by atoms with Crippen molar-refractivity contribution in [3.8, 4) is 0 Å². The van der Waals surface area contributed by atoms with Crippen LogP contribution in [0.3, 0.4) is 0 Å². The van der Waals surface area contributed by atoms with Crippen LogP contribution in [-0.4, -0.2) is 33.5 Å². The normalized spacial score (nSPS) is 16.8. The van der Waals surface area contributed by atoms with Crippen molar-refractivity contribution in [3.05, 3.63) is 23.3 Å². The van der Waals surface area contributed by atoms with E-state index in [1.165, 1.54) is 16.6 Å². The second kappa shape index (κ2) is 5.01. The first-order chi connectivity index (χ1) is 8.82. The SMILES string of the molecule is Bc1c(C)cc(N(CC2(C)COC2)C(C)=O)cc1C. The van der Waals surface area contributed by atoms with Crippen molar-refractivity contribution in [2.24, 2.45) is 5.41 Å². The highest BCUT2D eigenvalue weighted by Gasteiger charge is 2.36. The van der Waals surface area contributed by atoms with E-state index in [0.29, 0.717) is 0 Å². The highest BCUT2D eigenvalue weighted by molar-refractivity contribution is 6.34. The second-order valence-electron chi connectivity index (χ2n) is 6.11. The smallest absolute Gasteiger partial charge is 0.223 e. The Kier molecular flexibility index (Phi) is 3.72. The molecular formula is C15H22BNO2. The van der Waals surface area contributed by atoms with E-state index in [-0.39, 0.29) is 11.3 Å². The van der Waals surface area contributed by atoms with Crippen molar-refractivity contribution in [1.29, 1.82) is 0 Å². The Morgan fingerprint density at radius 3 is 2.26 bits per heavy atom. The van der Waals surface area contributed by atoms with Crippen molar-refractivity contribution >= 4 is 24.9 Å². The molecule has 0 spiro atoms. The number of hydrogen-bond donors (Lipinski definition) is 0. The van der Waals surface area contributed by atoms with Gasteiger partial charge in [0.25, 0.3) is 0 Å². The molecule has 19 heavy (non-hydrogen) atoms. The van der Waals surface area contributed by atoms with E-state index in [1.807, 2.05) is 4.90 Å². The fourth-order valence-corrected chi connectivity index (χ4v) is 2.48. The molecule has 1 fully saturated rings. The Morgan fingerprint density at radius 2 is 1.89 bits per heavy atom. The number of ether oxygens (including phenoxy) is 1. The first kappa shape index (κ1) is 14.1. The maximum atomic E-state index is 12.0. The molecule has 0 unspecified atom stereocenters. The summed E-state index contributed by atoms with van der Waals surface area (Å²) in [5, 5.41) is 0. The number of benzene rings is 1. The quantitative estimate of drug-likeness (QED) is 0.756. The minimum atomic E-state index is 0.0933. The molecule has 0 aliphatic carbocycles. The van der Waals surface area contributed by atoms with Crippen molar-refractivity contribution < 1.29 is 9.53 Å². The molecule has 4 heteroatoms. The minimum absolute atomic E-state index is 0.0933. The van der Waals surface area contributed by atoms with Crippen LogP contribution in [0.1, 0.15) is 25.0 Å². The van der Waals surface area contributed by atoms with Gasteiger partial charge in [-0.3, -0.25) is 4.79 Å². The predicted octanol–water partition coefficient (Wildman–Crippen LogP) is 0.951. The first-order valence-electron chi connectivity index (χ1n) is 6.76. The van der Waals surface area contributed by atoms with Gasteiger partial charge in [0.2, 0.25) is 5.91 Å². The number of rotatable bonds is 3. The zero-order chi connectivity index (χ0) is 14.2. The third-order valence-electron chi connectivity index (χ3n) is 4.04. The largest absolute Gasteiger partial charge is 0.380 e. The van der Waals surface area contributed by atoms with Gasteiger partial charge in [-0.2, -0.15) is 0 Å². The molecule has 1 aliphatic rings. The lowest BCUT2D eigenvalue weighted by atomic mass is 9.85. The molecule has 0 saturated carbocycles. The van der Waals surface area contributed by atoms with Gasteiger partial charge in [-0.25, -0.2) is 0 Å². The average molecular weight is 259 g/mol. The van der Waals surface area contributed by atoms with Crippen molar-refractivity contribution in [2.45, 2.75) is 27.7 Å². The molecule has 0 aromatic heterocycles. The third kappa shape index (κ3) is 2.84. The number of carbonyl (C=O) groups excluding carboxylic acids is 1. The monoisotopic (exact) mass is 259 g/mol. The van der Waals surface area contributed by atoms with Crippen LogP contribution in [0.4, 0.5) is 5.69 Å². The summed E-state index contributed by atoms with van der Waals surface area (Å²) in [4.78, 5) is 13.8. The standard InChI is InChI=1S/C15H22BNO2/c1-10-5-13(6-11(2)14(10)16)17(12(3)18)7-15(4)8-19-9-15/h5-6H,7-9,16H2,1-4H3. The zero-order valence-corrected chi connectivity index (χ0v) is 12.5. The lowest BCUT2D eigenvalue weighted by Gasteiger charge is -2.41. The fourth-order valence-electron chi connectivity index (χ4n) is 2.48. The van der Waals surface area contributed by atoms with Crippen LogP contribution in [-0.2, 0) is 9.53 Å². The molecule has 1 aliphatic heterocycles. The van der Waals surface area contributed by atoms with Crippen LogP contribution in [0.5, 0.6) is 0 Å². The number of anilines is 1. The van der Waals surface area contributed by atoms with Crippen LogP contribution >= 0.6 is 0 Å². The van der Waals surface area contributed by atoms with Gasteiger partial charge in [0.05, 0.1) is 13.2 Å². The second-order valence-corrected chi connectivity index (χ2v) is 6.11. The summed E-state index contributed by atoms with van der Waals surface area (Å²) >= 11 is 0. The molecule has 1 amide bonds. The maximum absolute atomic E-state index is 12.0. The van der Waals surface area contributed by atoms with E-state index in [0.717, 1.165) is 25.4 Å². The Balaban J connectivity index is 2.31. The van der Waals surface area contributed by atoms with Crippen LogP contribution < -0.4 is 10.4 Å². The number of hydrogen-bond acceptors (Lipinski definition) is 2. The molecular weight excluding hydrogens is 237 g/mol. The van der Waals surface area contributed by atoms with Gasteiger partial charge in [-0.15, -0.1) is 0 Å². The van der Waals surface area contributed by atoms with Gasteiger partial charge in [-0.1, -0.05) is 23.5 Å². The summed E-state index contributed by atoms with van der Waals surface area (Å²) in [6.07, 6.45) is 0. The summed E-state index contributed by atoms with van der Waals surface area (Å²) in [5.74, 6) is 0.0933. The number of carbonyl (C=O) groups is 1. The number of nitrogens with zero attached hydrogens (tertiary/aromatic N) is 1. The van der Waals surface area contributed by atoms with E-state index in [4.69, 9.17) is 4.74 Å². The first-order valence-corrected chi connectivity index (χ1v) is 6.76. The lowest BCUT2D eigenvalue weighted by molar-refractivity contribution is -0.120. The van der Waals surface area contributed by atoms with E-state index >= 15 is 0 Å². The summed E-state index contributed by atoms with van der Waals surface area (Å²) in [6, 6.07) is 4.21. The minimum Gasteiger partial charge on any atom is -0.380 e. The summed E-state index contributed by atoms with van der Waals surface area (Å²) < 4.78 is 5.28. The Labute approximate surface area is 116 Å². The molecule has 0 radical (unpaired) electrons. The van der Waals surface area contributed by atoms with Gasteiger partial charge in [0.1, 0.15) is 7.85 Å². The van der Waals surface area contributed by atoms with Crippen molar-refractivity contribution in [2.75, 3.05) is 24.7 Å². The number of amides is 1. The van der Waals surface area contributed by atoms with E-state index in [9.17, 15) is 4.79 Å². The molecule has 102 valence electrons. The molecule has 1 heterocycles. The maximum Gasteiger partial charge on any atom is 0.223 e. The molecule has 0 N–H and O–H groups in total. The fraction of sp³-hybridized carbons (Fsp3) is 0.533. The number of aryl methyl sites for hydroxylation is 2. The van der Waals surface area contributed by atoms with Crippen LogP contribution in [0.15, 0.2) is 12.1 Å². The summed E-state index contributed by atoms with van der Waals surface area (Å²) in [6.45, 7) is 10.2. The Morgan fingerprint density at radius 1 is 1.37 bits per heavy atom. The predicted molar refractivity (Wildman–Crippen MR) is 81.0 cm³/mol. The molecule has 0 atom stereocenters. The summed E-state index contributed by atoms with van der Waals surface area (Å²) in [5.41, 5.74) is 4.86. The molecule has 2 rings (SSSR count). The van der Waals surface area contributed by atoms with Crippen LogP contribution in [0.25, 0.3) is 0 Å². The van der Waals surface area contributed by atoms with Crippen LogP contribution in [0.2, 0.25) is 0 Å². The van der Waals surface area contributed by atoms with Gasteiger partial charge in [0, 0.05) is 24.6 Å². The zero-order valence-electron chi connectivity index (χ0n) is 12.5. The third-order valence-corrected chi connectivity index (χ3v) is 4.04. The van der Waals surface area contributed by atoms with Gasteiger partial charge in [-0.05, 0) is 26.0 Å². The van der Waals surface area contributed by atoms with Crippen LogP contribution in [0, 0.1) is 19.3 Å². The van der Waals surface area contributed by atoms with Crippen molar-refractivity contribution in [1.82, 2.24) is 0 Å². The average Bonchev–Trinajstić information content (AvgIpc) is 2.29. The van der Waals surface area contributed by atoms with E-state index < -0.39 is 0 Å². The molecule has 1 aromatic carbocycles. The molecule has 0 bridgehead atoms. The summed E-state index contributed by atoms with van der Waals surface area (Å²) in [7, 11) is 2.12. The topological polar surface area (TPSA) is 29.5 Å². The highest BCUT2D eigenvalue weighted by Crippen LogP contribution is 2.30. The van der Waals surface area contributed by atoms with Crippen molar-refractivity contribution in [3.63, 3.8) is 0 Å².